The summed E-state index contributed by atoms with van der Waals surface area (Å²) in [5, 5.41) is 13.7. The molecule has 0 radical (unpaired) electrons. The third-order valence-electron chi connectivity index (χ3n) is 8.09. The molecule has 0 saturated heterocycles. The molecule has 0 amide bonds. The Kier molecular flexibility index (Phi) is 6.88. The Bertz CT molecular complexity index is 1220. The molecule has 1 N–H and O–H groups in total. The second kappa shape index (κ2) is 10.3. The van der Waals surface area contributed by atoms with E-state index >= 15 is 0 Å². The zero-order valence-corrected chi connectivity index (χ0v) is 21.5. The molecular weight excluding hydrogens is 496 g/mol. The van der Waals surface area contributed by atoms with Crippen LogP contribution in [-0.4, -0.2) is 43.9 Å². The average molecular weight is 528 g/mol. The van der Waals surface area contributed by atoms with Crippen LogP contribution in [0.3, 0.4) is 0 Å². The Balaban J connectivity index is 1.21. The first-order chi connectivity index (χ1) is 17.9. The summed E-state index contributed by atoms with van der Waals surface area (Å²) < 4.78 is 35.7. The van der Waals surface area contributed by atoms with E-state index in [1.165, 1.54) is 0 Å². The smallest absolute Gasteiger partial charge is 0.248 e. The third-order valence-corrected chi connectivity index (χ3v) is 8.32. The van der Waals surface area contributed by atoms with Crippen LogP contribution in [-0.2, 0) is 12.8 Å². The van der Waals surface area contributed by atoms with Crippen molar-refractivity contribution < 1.29 is 13.5 Å². The van der Waals surface area contributed by atoms with Crippen molar-refractivity contribution in [1.82, 2.24) is 25.1 Å². The van der Waals surface area contributed by atoms with Gasteiger partial charge in [-0.15, -0.1) is 10.2 Å². The zero-order chi connectivity index (χ0) is 25.4. The quantitative estimate of drug-likeness (QED) is 0.437. The molecule has 2 aromatic heterocycles. The molecule has 6 rings (SSSR count). The Hall–Kier alpha value is -2.58. The van der Waals surface area contributed by atoms with Gasteiger partial charge in [0.25, 0.3) is 0 Å². The van der Waals surface area contributed by atoms with Gasteiger partial charge in [0.1, 0.15) is 17.8 Å². The normalized spacial score (nSPS) is 25.6. The lowest BCUT2D eigenvalue weighted by Crippen LogP contribution is -2.44. The van der Waals surface area contributed by atoms with Crippen LogP contribution in [0.2, 0.25) is 5.02 Å². The number of pyridine rings is 1. The van der Waals surface area contributed by atoms with Crippen LogP contribution in [0.1, 0.15) is 74.5 Å². The van der Waals surface area contributed by atoms with Crippen molar-refractivity contribution in [2.75, 3.05) is 0 Å². The van der Waals surface area contributed by atoms with E-state index in [0.29, 0.717) is 36.1 Å². The number of fused-ring (bicyclic) bond motifs is 3. The highest BCUT2D eigenvalue weighted by atomic mass is 35.5. The number of nitrogens with zero attached hydrogens (tertiary/aromatic N) is 4. The Labute approximate surface area is 220 Å². The number of hydrogen-bond donors (Lipinski definition) is 1. The molecule has 1 aromatic carbocycles. The highest BCUT2D eigenvalue weighted by molar-refractivity contribution is 6.30. The predicted octanol–water partition coefficient (Wildman–Crippen LogP) is 6.06. The number of alkyl halides is 2. The summed E-state index contributed by atoms with van der Waals surface area (Å²) in [6.45, 7) is 0. The van der Waals surface area contributed by atoms with E-state index in [9.17, 15) is 8.78 Å². The summed E-state index contributed by atoms with van der Waals surface area (Å²) in [5.74, 6) is 0.347. The maximum absolute atomic E-state index is 13.7. The zero-order valence-electron chi connectivity index (χ0n) is 20.8. The van der Waals surface area contributed by atoms with Gasteiger partial charge in [0.05, 0.1) is 5.69 Å². The number of ether oxygens (including phenoxy) is 1. The molecule has 0 bridgehead atoms. The van der Waals surface area contributed by atoms with Crippen molar-refractivity contribution in [1.29, 1.82) is 0 Å². The standard InChI is InChI=1S/C28H32ClF2N5O/c29-20-6-9-24-19(15-20)16-22(33-21-10-12-28(30,31)13-11-21)17-25-34-35-27(36(24)25)18-4-7-23(8-5-18)37-26-3-1-2-14-32-26/h1-3,6,9,14-15,18,21-23,33H,4-5,7-8,10-13,16-17H2/t18-,22?,23-. The maximum Gasteiger partial charge on any atom is 0.248 e. The number of nitrogens with one attached hydrogen (secondary N) is 1. The first kappa shape index (κ1) is 24.7. The van der Waals surface area contributed by atoms with Crippen molar-refractivity contribution in [2.24, 2.45) is 0 Å². The largest absolute Gasteiger partial charge is 0.474 e. The monoisotopic (exact) mass is 527 g/mol. The van der Waals surface area contributed by atoms with Crippen LogP contribution in [0, 0.1) is 0 Å². The predicted molar refractivity (Wildman–Crippen MR) is 138 cm³/mol. The van der Waals surface area contributed by atoms with Gasteiger partial charge in [0.15, 0.2) is 0 Å². The van der Waals surface area contributed by atoms with E-state index in [1.807, 2.05) is 30.3 Å². The van der Waals surface area contributed by atoms with Crippen molar-refractivity contribution in [3.63, 3.8) is 0 Å². The van der Waals surface area contributed by atoms with Crippen LogP contribution < -0.4 is 10.1 Å². The van der Waals surface area contributed by atoms with E-state index in [-0.39, 0.29) is 31.0 Å². The number of hydrogen-bond acceptors (Lipinski definition) is 5. The molecule has 3 aliphatic rings. The fourth-order valence-electron chi connectivity index (χ4n) is 6.17. The fourth-order valence-corrected chi connectivity index (χ4v) is 6.36. The molecule has 37 heavy (non-hydrogen) atoms. The number of halogens is 3. The Morgan fingerprint density at radius 2 is 1.76 bits per heavy atom. The van der Waals surface area contributed by atoms with Gasteiger partial charge in [-0.05, 0) is 74.8 Å². The van der Waals surface area contributed by atoms with Gasteiger partial charge in [-0.3, -0.25) is 4.57 Å². The van der Waals surface area contributed by atoms with Crippen LogP contribution in [0.15, 0.2) is 42.6 Å². The maximum atomic E-state index is 13.7. The van der Waals surface area contributed by atoms with Gasteiger partial charge in [-0.2, -0.15) is 0 Å². The molecule has 9 heteroatoms. The molecule has 3 heterocycles. The Morgan fingerprint density at radius 1 is 0.946 bits per heavy atom. The van der Waals surface area contributed by atoms with Gasteiger partial charge in [-0.1, -0.05) is 17.7 Å². The summed E-state index contributed by atoms with van der Waals surface area (Å²) in [6, 6.07) is 11.9. The highest BCUT2D eigenvalue weighted by Gasteiger charge is 2.37. The molecule has 0 spiro atoms. The molecule has 1 unspecified atom stereocenters. The Morgan fingerprint density at radius 3 is 2.51 bits per heavy atom. The fraction of sp³-hybridized carbons (Fsp3) is 0.536. The topological polar surface area (TPSA) is 64.9 Å². The molecule has 2 fully saturated rings. The molecule has 6 nitrogen and oxygen atoms in total. The number of rotatable bonds is 5. The van der Waals surface area contributed by atoms with Gasteiger partial charge < -0.3 is 10.1 Å². The molecule has 2 aliphatic carbocycles. The van der Waals surface area contributed by atoms with Gasteiger partial charge >= 0.3 is 0 Å². The van der Waals surface area contributed by atoms with Gasteiger partial charge in [0.2, 0.25) is 11.8 Å². The summed E-state index contributed by atoms with van der Waals surface area (Å²) in [6.07, 6.45) is 8.08. The minimum Gasteiger partial charge on any atom is -0.474 e. The first-order valence-electron chi connectivity index (χ1n) is 13.4. The number of benzene rings is 1. The average Bonchev–Trinajstić information content (AvgIpc) is 3.23. The highest BCUT2D eigenvalue weighted by Crippen LogP contribution is 2.38. The molecular formula is C28H32ClF2N5O. The van der Waals surface area contributed by atoms with E-state index < -0.39 is 5.92 Å². The van der Waals surface area contributed by atoms with Gasteiger partial charge in [0, 0.05) is 54.5 Å². The van der Waals surface area contributed by atoms with Crippen molar-refractivity contribution in [3.8, 4) is 11.6 Å². The third kappa shape index (κ3) is 5.50. The van der Waals surface area contributed by atoms with Crippen LogP contribution >= 0.6 is 11.6 Å². The summed E-state index contributed by atoms with van der Waals surface area (Å²) in [4.78, 5) is 4.30. The second-order valence-electron chi connectivity index (χ2n) is 10.7. The molecule has 2 saturated carbocycles. The van der Waals surface area contributed by atoms with Crippen LogP contribution in [0.5, 0.6) is 5.88 Å². The lowest BCUT2D eigenvalue weighted by molar-refractivity contribution is -0.0412. The number of aromatic nitrogens is 4. The minimum atomic E-state index is -2.53. The van der Waals surface area contributed by atoms with E-state index in [1.54, 1.807) is 6.20 Å². The second-order valence-corrected chi connectivity index (χ2v) is 11.2. The summed E-state index contributed by atoms with van der Waals surface area (Å²) in [7, 11) is 0. The molecule has 196 valence electrons. The van der Waals surface area contributed by atoms with E-state index in [4.69, 9.17) is 21.4 Å². The summed E-state index contributed by atoms with van der Waals surface area (Å²) in [5.41, 5.74) is 2.21. The molecule has 1 aliphatic heterocycles. The molecule has 1 atom stereocenters. The van der Waals surface area contributed by atoms with E-state index in [0.717, 1.165) is 55.0 Å². The molecule has 3 aromatic rings. The van der Waals surface area contributed by atoms with Crippen molar-refractivity contribution >= 4 is 11.6 Å². The first-order valence-corrected chi connectivity index (χ1v) is 13.8. The van der Waals surface area contributed by atoms with Crippen molar-refractivity contribution in [2.45, 2.75) is 94.2 Å². The van der Waals surface area contributed by atoms with Crippen LogP contribution in [0.4, 0.5) is 8.78 Å². The van der Waals surface area contributed by atoms with Crippen LogP contribution in [0.25, 0.3) is 5.69 Å². The lowest BCUT2D eigenvalue weighted by atomic mass is 9.86. The summed E-state index contributed by atoms with van der Waals surface area (Å²) >= 11 is 6.41. The van der Waals surface area contributed by atoms with Gasteiger partial charge in [-0.25, -0.2) is 13.8 Å². The lowest BCUT2D eigenvalue weighted by Gasteiger charge is -2.31. The minimum absolute atomic E-state index is 0.0488. The van der Waals surface area contributed by atoms with E-state index in [2.05, 4.69) is 26.0 Å². The SMILES string of the molecule is FC1(F)CCC(NC2Cc3cc(Cl)ccc3-n3c(nnc3[C@H]3CC[C@H](Oc4ccccn4)CC3)C2)CC1. The van der Waals surface area contributed by atoms with Crippen molar-refractivity contribution in [3.05, 3.63) is 64.8 Å².